The summed E-state index contributed by atoms with van der Waals surface area (Å²) in [7, 11) is -5.34. The third kappa shape index (κ3) is 11.5. The number of benzene rings is 4. The highest BCUT2D eigenvalue weighted by molar-refractivity contribution is 7.92. The Bertz CT molecular complexity index is 2930. The van der Waals surface area contributed by atoms with Crippen LogP contribution in [0.5, 0.6) is 17.2 Å². The Balaban J connectivity index is 1.50. The molecule has 3 N–H and O–H groups in total. The molecule has 7 rings (SSSR count). The number of hydrogen-bond donors (Lipinski definition) is 3. The number of tetrazole rings is 1. The molecule has 1 fully saturated rings. The summed E-state index contributed by atoms with van der Waals surface area (Å²) in [5.74, 6) is 1.32. The average molecular weight is 970 g/mol. The lowest BCUT2D eigenvalue weighted by molar-refractivity contribution is 0.0635. The maximum atomic E-state index is 16.1. The lowest BCUT2D eigenvalue weighted by atomic mass is 9.99. The van der Waals surface area contributed by atoms with Crippen LogP contribution in [0.1, 0.15) is 43.9 Å². The molecular weight excluding hydrogens is 919 g/mol. The molecule has 0 radical (unpaired) electrons. The van der Waals surface area contributed by atoms with Gasteiger partial charge >= 0.3 is 12.2 Å². The average Bonchev–Trinajstić information content (AvgIpc) is 3.98. The fourth-order valence-corrected chi connectivity index (χ4v) is 11.1. The van der Waals surface area contributed by atoms with Gasteiger partial charge < -0.3 is 29.0 Å². The van der Waals surface area contributed by atoms with E-state index in [1.165, 1.54) is 38.4 Å². The monoisotopic (exact) mass is 969 g/mol. The molecule has 1 aliphatic heterocycles. The number of methoxy groups -OCH3 is 3. The zero-order valence-electron chi connectivity index (χ0n) is 38.1. The fourth-order valence-electron chi connectivity index (χ4n) is 7.44. The predicted molar refractivity (Wildman–Crippen MR) is 249 cm³/mol. The standard InChI is InChI=1S/C46H51N9O11S2/c1-46(2,3)66-44(56)48-42-38(8-7-24-47-42)37-21-22-39(67(59,60)51-33-23-25-53(29-33)45(57)58)41(40(37)43-49-52-55(50-43)28-32-13-19-36(65-6)20-14-32)68(61,62)54(26-30-9-15-34(63-4)16-10-30)27-31-11-17-35(64-5)18-12-31/h7-22,24,33,51H,23,25-29H2,1-6H3,(H,57,58)(H,47,48,56)/t33-/m1/s1. The first-order valence-electron chi connectivity index (χ1n) is 21.2. The van der Waals surface area contributed by atoms with Gasteiger partial charge in [0.25, 0.3) is 0 Å². The van der Waals surface area contributed by atoms with Crippen molar-refractivity contribution < 1.29 is 50.5 Å². The smallest absolute Gasteiger partial charge is 0.413 e. The van der Waals surface area contributed by atoms with Crippen molar-refractivity contribution in [3.63, 3.8) is 0 Å². The Morgan fingerprint density at radius 2 is 1.37 bits per heavy atom. The SMILES string of the molecule is COc1ccc(CN(Cc2ccc(OC)cc2)S(=O)(=O)c2c(S(=O)(=O)N[C@@H]3CCN(C(=O)O)C3)ccc(-c3cccnc3NC(=O)OC(C)(C)C)c2-c2nnn(Cc3ccc(OC)cc3)n2)cc1. The molecule has 0 saturated carbocycles. The van der Waals surface area contributed by atoms with E-state index in [4.69, 9.17) is 18.9 Å². The number of carbonyl (C=O) groups is 2. The molecule has 2 amide bonds. The summed E-state index contributed by atoms with van der Waals surface area (Å²) >= 11 is 0. The van der Waals surface area contributed by atoms with Crippen LogP contribution in [0, 0.1) is 0 Å². The Morgan fingerprint density at radius 3 is 1.90 bits per heavy atom. The molecule has 0 bridgehead atoms. The third-order valence-corrected chi connectivity index (χ3v) is 14.3. The van der Waals surface area contributed by atoms with Gasteiger partial charge in [-0.1, -0.05) is 42.5 Å². The predicted octanol–water partition coefficient (Wildman–Crippen LogP) is 6.24. The van der Waals surface area contributed by atoms with E-state index in [9.17, 15) is 23.1 Å². The molecule has 1 saturated heterocycles. The number of aromatic nitrogens is 5. The lowest BCUT2D eigenvalue weighted by Crippen LogP contribution is -2.39. The van der Waals surface area contributed by atoms with E-state index in [1.807, 2.05) is 0 Å². The van der Waals surface area contributed by atoms with Crippen LogP contribution in [0.3, 0.4) is 0 Å². The highest BCUT2D eigenvalue weighted by Crippen LogP contribution is 2.43. The largest absolute Gasteiger partial charge is 0.497 e. The Hall–Kier alpha value is -7.14. The van der Waals surface area contributed by atoms with Crippen LogP contribution < -0.4 is 24.2 Å². The summed E-state index contributed by atoms with van der Waals surface area (Å²) in [6.45, 7) is 4.46. The van der Waals surface area contributed by atoms with Crippen molar-refractivity contribution in [3.05, 3.63) is 120 Å². The Labute approximate surface area is 393 Å². The second-order valence-corrected chi connectivity index (χ2v) is 20.2. The van der Waals surface area contributed by atoms with E-state index in [0.717, 1.165) is 20.8 Å². The Kier molecular flexibility index (Phi) is 14.6. The number of likely N-dealkylation sites (tertiary alicyclic amines) is 1. The second-order valence-electron chi connectivity index (χ2n) is 16.6. The molecule has 0 unspecified atom stereocenters. The summed E-state index contributed by atoms with van der Waals surface area (Å²) < 4.78 is 87.3. The molecule has 68 heavy (non-hydrogen) atoms. The van der Waals surface area contributed by atoms with Crippen molar-refractivity contribution in [2.24, 2.45) is 0 Å². The minimum absolute atomic E-state index is 0.0466. The zero-order valence-corrected chi connectivity index (χ0v) is 39.7. The van der Waals surface area contributed by atoms with E-state index in [1.54, 1.807) is 106 Å². The number of sulfonamides is 2. The first-order chi connectivity index (χ1) is 32.4. The molecule has 6 aromatic rings. The lowest BCUT2D eigenvalue weighted by Gasteiger charge is -2.27. The molecule has 1 atom stereocenters. The third-order valence-electron chi connectivity index (χ3n) is 10.7. The van der Waals surface area contributed by atoms with E-state index in [2.05, 4.69) is 30.4 Å². The summed E-state index contributed by atoms with van der Waals surface area (Å²) in [5.41, 5.74) is 0.804. The van der Waals surface area contributed by atoms with Crippen LogP contribution in [0.2, 0.25) is 0 Å². The number of hydrogen-bond acceptors (Lipinski definition) is 14. The maximum Gasteiger partial charge on any atom is 0.413 e. The van der Waals surface area contributed by atoms with Gasteiger partial charge in [-0.15, -0.1) is 10.2 Å². The maximum absolute atomic E-state index is 16.1. The molecule has 3 heterocycles. The van der Waals surface area contributed by atoms with Gasteiger partial charge in [-0.2, -0.15) is 9.10 Å². The van der Waals surface area contributed by atoms with E-state index < -0.39 is 53.7 Å². The van der Waals surface area contributed by atoms with Crippen LogP contribution in [-0.4, -0.2) is 115 Å². The van der Waals surface area contributed by atoms with E-state index >= 15 is 8.42 Å². The highest BCUT2D eigenvalue weighted by atomic mass is 32.2. The number of anilines is 1. The van der Waals surface area contributed by atoms with Crippen molar-refractivity contribution in [1.29, 1.82) is 0 Å². The normalized spacial score (nSPS) is 14.2. The number of nitrogens with zero attached hydrogens (tertiary/aromatic N) is 7. The van der Waals surface area contributed by atoms with Gasteiger partial charge in [0.2, 0.25) is 25.9 Å². The van der Waals surface area contributed by atoms with Gasteiger partial charge in [-0.05, 0) is 109 Å². The van der Waals surface area contributed by atoms with Crippen LogP contribution in [0.4, 0.5) is 15.4 Å². The molecule has 4 aromatic carbocycles. The first kappa shape index (κ1) is 48.8. The number of carboxylic acid groups (broad SMARTS) is 1. The van der Waals surface area contributed by atoms with Crippen molar-refractivity contribution in [2.45, 2.75) is 68.3 Å². The molecule has 20 nitrogen and oxygen atoms in total. The quantitative estimate of drug-likeness (QED) is 0.0915. The van der Waals surface area contributed by atoms with E-state index in [-0.39, 0.29) is 67.5 Å². The van der Waals surface area contributed by atoms with Crippen molar-refractivity contribution in [3.8, 4) is 39.8 Å². The van der Waals surface area contributed by atoms with Gasteiger partial charge in [-0.3, -0.25) is 5.32 Å². The van der Waals surface area contributed by atoms with Gasteiger partial charge in [0.15, 0.2) is 0 Å². The molecule has 22 heteroatoms. The minimum atomic E-state index is -5.04. The number of pyridine rings is 1. The fraction of sp³-hybridized carbons (Fsp3) is 0.304. The molecule has 0 spiro atoms. The van der Waals surface area contributed by atoms with Gasteiger partial charge in [-0.25, -0.2) is 36.1 Å². The topological polar surface area (TPSA) is 247 Å². The number of carbonyl (C=O) groups excluding carboxylic acids is 1. The molecule has 0 aliphatic carbocycles. The van der Waals surface area contributed by atoms with Crippen molar-refractivity contribution in [1.82, 2.24) is 39.1 Å². The molecule has 358 valence electrons. The summed E-state index contributed by atoms with van der Waals surface area (Å²) in [5, 5.41) is 25.7. The molecular formula is C46H51N9O11S2. The number of amides is 2. The van der Waals surface area contributed by atoms with Crippen molar-refractivity contribution >= 4 is 38.1 Å². The number of nitrogens with one attached hydrogen (secondary N) is 2. The van der Waals surface area contributed by atoms with Crippen LogP contribution in [0.15, 0.2) is 113 Å². The second kappa shape index (κ2) is 20.4. The van der Waals surface area contributed by atoms with Gasteiger partial charge in [0.05, 0.1) is 33.4 Å². The van der Waals surface area contributed by atoms with Crippen LogP contribution in [0.25, 0.3) is 22.5 Å². The van der Waals surface area contributed by atoms with Gasteiger partial charge in [0.1, 0.15) is 38.5 Å². The molecule has 1 aliphatic rings. The van der Waals surface area contributed by atoms with E-state index in [0.29, 0.717) is 28.4 Å². The summed E-state index contributed by atoms with van der Waals surface area (Å²) in [6, 6.07) is 25.3. The summed E-state index contributed by atoms with van der Waals surface area (Å²) in [6.07, 6.45) is -0.565. The summed E-state index contributed by atoms with van der Waals surface area (Å²) in [4.78, 5) is 30.5. The van der Waals surface area contributed by atoms with Crippen LogP contribution >= 0.6 is 0 Å². The number of rotatable bonds is 17. The van der Waals surface area contributed by atoms with Crippen molar-refractivity contribution in [2.75, 3.05) is 39.7 Å². The first-order valence-corrected chi connectivity index (χ1v) is 24.1. The number of ether oxygens (including phenoxy) is 4. The highest BCUT2D eigenvalue weighted by Gasteiger charge is 2.40. The molecule has 2 aromatic heterocycles. The zero-order chi connectivity index (χ0) is 48.8. The Morgan fingerprint density at radius 1 is 0.794 bits per heavy atom. The van der Waals surface area contributed by atoms with Crippen LogP contribution in [-0.2, 0) is 44.4 Å². The minimum Gasteiger partial charge on any atom is -0.497 e. The van der Waals surface area contributed by atoms with Gasteiger partial charge in [0, 0.05) is 44.0 Å².